The first kappa shape index (κ1) is 15.9. The third-order valence-electron chi connectivity index (χ3n) is 4.20. The molecular formula is C17H16N4O3S. The van der Waals surface area contributed by atoms with Gasteiger partial charge in [-0.25, -0.2) is 0 Å². The molecule has 3 aromatic rings. The van der Waals surface area contributed by atoms with Gasteiger partial charge in [0, 0.05) is 30.6 Å². The first-order chi connectivity index (χ1) is 12.1. The molecule has 7 nitrogen and oxygen atoms in total. The summed E-state index contributed by atoms with van der Waals surface area (Å²) in [6.07, 6.45) is 3.45. The van der Waals surface area contributed by atoms with Gasteiger partial charge in [-0.2, -0.15) is 0 Å². The number of carbonyl (C=O) groups is 1. The first-order valence-corrected chi connectivity index (χ1v) is 8.80. The molecule has 0 radical (unpaired) electrons. The zero-order chi connectivity index (χ0) is 17.4. The van der Waals surface area contributed by atoms with Crippen molar-refractivity contribution < 1.29 is 9.53 Å². The Balaban J connectivity index is 1.64. The van der Waals surface area contributed by atoms with E-state index in [1.54, 1.807) is 37.5 Å². The van der Waals surface area contributed by atoms with E-state index in [0.29, 0.717) is 21.5 Å². The summed E-state index contributed by atoms with van der Waals surface area (Å²) in [5.74, 6) is -0.318. The first-order valence-electron chi connectivity index (χ1n) is 7.98. The third-order valence-corrected chi connectivity index (χ3v) is 5.13. The zero-order valence-electron chi connectivity index (χ0n) is 13.6. The van der Waals surface area contributed by atoms with Crippen LogP contribution in [0.5, 0.6) is 0 Å². The van der Waals surface area contributed by atoms with E-state index in [9.17, 15) is 9.59 Å². The van der Waals surface area contributed by atoms with Gasteiger partial charge in [0.05, 0.1) is 5.56 Å². The number of rotatable bonds is 3. The number of fused-ring (bicyclic) bond motifs is 1. The molecular weight excluding hydrogens is 340 g/mol. The van der Waals surface area contributed by atoms with Crippen molar-refractivity contribution in [1.82, 2.24) is 14.8 Å². The van der Waals surface area contributed by atoms with Gasteiger partial charge in [-0.15, -0.1) is 10.2 Å². The molecule has 128 valence electrons. The highest BCUT2D eigenvalue weighted by Crippen LogP contribution is 2.32. The topological polar surface area (TPSA) is 86.1 Å². The number of aromatic nitrogens is 3. The Morgan fingerprint density at radius 1 is 1.32 bits per heavy atom. The molecule has 0 spiro atoms. The lowest BCUT2D eigenvalue weighted by molar-refractivity contribution is 0.102. The van der Waals surface area contributed by atoms with Crippen LogP contribution in [-0.2, 0) is 11.8 Å². The van der Waals surface area contributed by atoms with Gasteiger partial charge in [-0.05, 0) is 18.9 Å². The van der Waals surface area contributed by atoms with Crippen LogP contribution in [0, 0.1) is 0 Å². The maximum absolute atomic E-state index is 12.7. The molecule has 1 atom stereocenters. The third kappa shape index (κ3) is 2.94. The van der Waals surface area contributed by atoms with Gasteiger partial charge in [-0.3, -0.25) is 14.9 Å². The van der Waals surface area contributed by atoms with Crippen LogP contribution in [-0.4, -0.2) is 27.3 Å². The summed E-state index contributed by atoms with van der Waals surface area (Å²) in [7, 11) is 1.63. The largest absolute Gasteiger partial charge is 0.371 e. The summed E-state index contributed by atoms with van der Waals surface area (Å²) in [5.41, 5.74) is 0.287. The van der Waals surface area contributed by atoms with Crippen LogP contribution in [0.3, 0.4) is 0 Å². The monoisotopic (exact) mass is 356 g/mol. The van der Waals surface area contributed by atoms with Crippen molar-refractivity contribution in [3.8, 4) is 0 Å². The fourth-order valence-corrected chi connectivity index (χ4v) is 3.77. The Kier molecular flexibility index (Phi) is 4.06. The van der Waals surface area contributed by atoms with Crippen molar-refractivity contribution in [3.05, 3.63) is 51.4 Å². The van der Waals surface area contributed by atoms with E-state index in [1.807, 2.05) is 0 Å². The fraction of sp³-hybridized carbons (Fsp3) is 0.294. The summed E-state index contributed by atoms with van der Waals surface area (Å²) in [5, 5.41) is 13.3. The van der Waals surface area contributed by atoms with Crippen LogP contribution < -0.4 is 10.9 Å². The minimum absolute atomic E-state index is 0.0264. The van der Waals surface area contributed by atoms with Crippen LogP contribution in [0.4, 0.5) is 5.13 Å². The number of amides is 1. The van der Waals surface area contributed by atoms with Gasteiger partial charge in [0.1, 0.15) is 11.1 Å². The van der Waals surface area contributed by atoms with Gasteiger partial charge in [0.15, 0.2) is 0 Å². The second-order valence-corrected chi connectivity index (χ2v) is 6.91. The van der Waals surface area contributed by atoms with Gasteiger partial charge in [-0.1, -0.05) is 29.5 Å². The van der Waals surface area contributed by atoms with Gasteiger partial charge >= 0.3 is 0 Å². The molecule has 8 heteroatoms. The smallest absolute Gasteiger partial charge is 0.259 e. The average Bonchev–Trinajstić information content (AvgIpc) is 3.29. The molecule has 3 heterocycles. The number of ether oxygens (including phenoxy) is 1. The van der Waals surface area contributed by atoms with E-state index in [-0.39, 0.29) is 17.6 Å². The molecule has 1 fully saturated rings. The normalized spacial score (nSPS) is 17.1. The van der Waals surface area contributed by atoms with E-state index >= 15 is 0 Å². The highest BCUT2D eigenvalue weighted by atomic mass is 32.1. The molecule has 25 heavy (non-hydrogen) atoms. The molecule has 0 saturated carbocycles. The Morgan fingerprint density at radius 3 is 2.88 bits per heavy atom. The summed E-state index contributed by atoms with van der Waals surface area (Å²) in [4.78, 5) is 24.9. The molecule has 1 aliphatic heterocycles. The highest BCUT2D eigenvalue weighted by molar-refractivity contribution is 7.15. The van der Waals surface area contributed by atoms with Gasteiger partial charge in [0.25, 0.3) is 11.5 Å². The number of nitrogens with zero attached hydrogens (tertiary/aromatic N) is 3. The number of pyridine rings is 1. The quantitative estimate of drug-likeness (QED) is 0.779. The number of aryl methyl sites for hydroxylation is 1. The number of carbonyl (C=O) groups excluding carboxylic acids is 1. The summed E-state index contributed by atoms with van der Waals surface area (Å²) >= 11 is 1.32. The predicted molar refractivity (Wildman–Crippen MR) is 95.0 cm³/mol. The molecule has 0 bridgehead atoms. The molecule has 1 amide bonds. The Morgan fingerprint density at radius 2 is 2.12 bits per heavy atom. The van der Waals surface area contributed by atoms with Crippen molar-refractivity contribution in [2.45, 2.75) is 18.9 Å². The second kappa shape index (κ2) is 6.38. The van der Waals surface area contributed by atoms with E-state index in [2.05, 4.69) is 15.5 Å². The molecule has 4 rings (SSSR count). The fourth-order valence-electron chi connectivity index (χ4n) is 2.95. The highest BCUT2D eigenvalue weighted by Gasteiger charge is 2.23. The molecule has 1 N–H and O–H groups in total. The van der Waals surface area contributed by atoms with E-state index in [1.165, 1.54) is 15.9 Å². The number of hydrogen-bond donors (Lipinski definition) is 1. The molecule has 0 aliphatic carbocycles. The van der Waals surface area contributed by atoms with Crippen molar-refractivity contribution in [2.75, 3.05) is 11.9 Å². The average molecular weight is 356 g/mol. The molecule has 1 aromatic carbocycles. The number of anilines is 1. The van der Waals surface area contributed by atoms with Crippen molar-refractivity contribution >= 4 is 33.1 Å². The predicted octanol–water partition coefficient (Wildman–Crippen LogP) is 2.49. The minimum Gasteiger partial charge on any atom is -0.371 e. The molecule has 2 aromatic heterocycles. The minimum atomic E-state index is -0.318. The maximum Gasteiger partial charge on any atom is 0.259 e. The lowest BCUT2D eigenvalue weighted by atomic mass is 10.1. The summed E-state index contributed by atoms with van der Waals surface area (Å²) in [6, 6.07) is 7.07. The van der Waals surface area contributed by atoms with Gasteiger partial charge in [0.2, 0.25) is 5.13 Å². The number of hydrogen-bond acceptors (Lipinski definition) is 6. The van der Waals surface area contributed by atoms with Crippen molar-refractivity contribution in [2.24, 2.45) is 7.05 Å². The molecule has 1 saturated heterocycles. The van der Waals surface area contributed by atoms with E-state index in [0.717, 1.165) is 24.5 Å². The number of nitrogens with one attached hydrogen (secondary N) is 1. The SMILES string of the molecule is Cn1cc(C(=O)Nc2nnc(C3CCCO3)s2)c2ccccc2c1=O. The maximum atomic E-state index is 12.7. The second-order valence-electron chi connectivity index (χ2n) is 5.91. The molecule has 1 unspecified atom stereocenters. The Labute approximate surface area is 147 Å². The zero-order valence-corrected chi connectivity index (χ0v) is 14.4. The van der Waals surface area contributed by atoms with Crippen LogP contribution in [0.15, 0.2) is 35.3 Å². The van der Waals surface area contributed by atoms with Crippen LogP contribution in [0.1, 0.15) is 34.3 Å². The Bertz CT molecular complexity index is 1000. The van der Waals surface area contributed by atoms with Crippen molar-refractivity contribution in [1.29, 1.82) is 0 Å². The lowest BCUT2D eigenvalue weighted by Gasteiger charge is -2.08. The van der Waals surface area contributed by atoms with Crippen molar-refractivity contribution in [3.63, 3.8) is 0 Å². The van der Waals surface area contributed by atoms with Crippen LogP contribution >= 0.6 is 11.3 Å². The van der Waals surface area contributed by atoms with Crippen LogP contribution in [0.25, 0.3) is 10.8 Å². The standard InChI is InChI=1S/C17H16N4O3S/c1-21-9-12(10-5-2-3-6-11(10)16(21)23)14(22)18-17-20-19-15(25-17)13-7-4-8-24-13/h2-3,5-6,9,13H,4,7-8H2,1H3,(H,18,20,22). The van der Waals surface area contributed by atoms with Crippen LogP contribution in [0.2, 0.25) is 0 Å². The van der Waals surface area contributed by atoms with Gasteiger partial charge < -0.3 is 9.30 Å². The Hall–Kier alpha value is -2.58. The van der Waals surface area contributed by atoms with E-state index < -0.39 is 0 Å². The lowest BCUT2D eigenvalue weighted by Crippen LogP contribution is -2.21. The number of benzene rings is 1. The van der Waals surface area contributed by atoms with E-state index in [4.69, 9.17) is 4.74 Å². The summed E-state index contributed by atoms with van der Waals surface area (Å²) in [6.45, 7) is 0.732. The summed E-state index contributed by atoms with van der Waals surface area (Å²) < 4.78 is 7.00. The molecule has 1 aliphatic rings.